The number of benzene rings is 3. The van der Waals surface area contributed by atoms with Crippen LogP contribution in [-0.2, 0) is 34.8 Å². The first kappa shape index (κ1) is 47.4. The molecule has 332 valence electrons. The van der Waals surface area contributed by atoms with Crippen LogP contribution in [0.2, 0.25) is 0 Å². The number of esters is 1. The number of aliphatic hydroxyl groups is 1. The Kier molecular flexibility index (Phi) is 16.0. The predicted molar refractivity (Wildman–Crippen MR) is 236 cm³/mol. The van der Waals surface area contributed by atoms with E-state index in [1.165, 1.54) is 41.8 Å². The highest BCUT2D eigenvalue weighted by Gasteiger charge is 2.34. The van der Waals surface area contributed by atoms with Gasteiger partial charge in [0.1, 0.15) is 17.5 Å². The fourth-order valence-electron chi connectivity index (χ4n) is 6.30. The number of amides is 1. The molecule has 62 heavy (non-hydrogen) atoms. The first-order chi connectivity index (χ1) is 29.5. The van der Waals surface area contributed by atoms with E-state index in [9.17, 15) is 28.6 Å². The Hall–Kier alpha value is -5.66. The summed E-state index contributed by atoms with van der Waals surface area (Å²) in [6, 6.07) is 15.2. The molecule has 20 heteroatoms. The number of aromatic amines is 1. The van der Waals surface area contributed by atoms with Crippen molar-refractivity contribution in [2.45, 2.75) is 71.9 Å². The molecular formula is C42H53N7O11P2. The van der Waals surface area contributed by atoms with E-state index in [1.807, 2.05) is 49.9 Å². The summed E-state index contributed by atoms with van der Waals surface area (Å²) in [5.74, 6) is -1.43. The number of unbranched alkanes of at least 4 members (excludes halogenated alkanes) is 2. The van der Waals surface area contributed by atoms with E-state index in [-0.39, 0.29) is 54.5 Å². The van der Waals surface area contributed by atoms with Crippen molar-refractivity contribution in [1.29, 1.82) is 0 Å². The van der Waals surface area contributed by atoms with Crippen LogP contribution < -0.4 is 25.7 Å². The number of hydrogen-bond donors (Lipinski definition) is 6. The maximum absolute atomic E-state index is 14.7. The Morgan fingerprint density at radius 2 is 1.71 bits per heavy atom. The molecule has 3 aromatic carbocycles. The summed E-state index contributed by atoms with van der Waals surface area (Å²) in [5.41, 5.74) is 4.38. The number of terminal acetylenes is 1. The second-order valence-electron chi connectivity index (χ2n) is 14.9. The molecule has 0 saturated heterocycles. The number of rotatable bonds is 22. The monoisotopic (exact) mass is 893 g/mol. The zero-order valence-electron chi connectivity index (χ0n) is 35.4. The first-order valence-corrected chi connectivity index (χ1v) is 23.2. The Morgan fingerprint density at radius 3 is 2.39 bits per heavy atom. The molecule has 6 N–H and O–H groups in total. The number of aromatic nitrogens is 4. The van der Waals surface area contributed by atoms with Gasteiger partial charge in [-0.1, -0.05) is 13.8 Å². The van der Waals surface area contributed by atoms with Crippen molar-refractivity contribution in [2.75, 3.05) is 31.5 Å². The number of nitrogens with zero attached hydrogens (tertiary/aromatic N) is 3. The van der Waals surface area contributed by atoms with Crippen molar-refractivity contribution in [2.24, 2.45) is 7.05 Å². The number of aryl methyl sites for hydroxylation is 1. The Bertz CT molecular complexity index is 2560. The van der Waals surface area contributed by atoms with Gasteiger partial charge in [-0.3, -0.25) is 18.7 Å². The largest absolute Gasteiger partial charge is 0.508 e. The zero-order chi connectivity index (χ0) is 45.2. The van der Waals surface area contributed by atoms with Crippen LogP contribution in [-0.4, -0.2) is 79.9 Å². The topological polar surface area (TPSA) is 237 Å². The fourth-order valence-corrected chi connectivity index (χ4v) is 8.87. The van der Waals surface area contributed by atoms with E-state index in [0.29, 0.717) is 48.3 Å². The molecule has 0 aliphatic heterocycles. The second kappa shape index (κ2) is 20.9. The lowest BCUT2D eigenvalue weighted by atomic mass is 9.98. The number of aromatic hydroxyl groups is 1. The molecule has 0 spiro atoms. The van der Waals surface area contributed by atoms with Crippen molar-refractivity contribution in [3.05, 3.63) is 88.5 Å². The molecule has 18 nitrogen and oxygen atoms in total. The number of phenolic OH excluding ortho intramolecular Hbond substituents is 1. The van der Waals surface area contributed by atoms with E-state index >= 15 is 0 Å². The summed E-state index contributed by atoms with van der Waals surface area (Å²) in [6.07, 6.45) is 8.20. The number of phenols is 1. The van der Waals surface area contributed by atoms with E-state index in [1.54, 1.807) is 26.0 Å². The minimum atomic E-state index is -4.46. The SMILES string of the molecule is C#CP(=O)(Nc1ccc(C(=O)NCCCCCOP(=O)(NC(C)C(=O)OC(C)C)Oc2cc(O)c(C(C)C)cc2-c2n[nH]c(=O)n2-c2ccc3c(ccn3C)c2)cc1)OCCO. The lowest BCUT2D eigenvalue weighted by Crippen LogP contribution is -2.36. The van der Waals surface area contributed by atoms with Crippen LogP contribution in [0, 0.1) is 12.1 Å². The molecule has 0 aliphatic rings. The average Bonchev–Trinajstić information content (AvgIpc) is 3.80. The summed E-state index contributed by atoms with van der Waals surface area (Å²) >= 11 is 0. The smallest absolute Gasteiger partial charge is 0.459 e. The third kappa shape index (κ3) is 12.0. The molecular weight excluding hydrogens is 840 g/mol. The number of ether oxygens (including phenoxy) is 1. The van der Waals surface area contributed by atoms with E-state index in [0.717, 1.165) is 10.9 Å². The van der Waals surface area contributed by atoms with Gasteiger partial charge in [0.15, 0.2) is 5.82 Å². The van der Waals surface area contributed by atoms with Crippen molar-refractivity contribution < 1.29 is 47.2 Å². The number of H-pyrrole nitrogens is 1. The normalized spacial score (nSPS) is 13.9. The van der Waals surface area contributed by atoms with E-state index < -0.39 is 39.1 Å². The molecule has 0 fully saturated rings. The minimum Gasteiger partial charge on any atom is -0.508 e. The fraction of sp³-hybridized carbons (Fsp3) is 0.381. The highest BCUT2D eigenvalue weighted by atomic mass is 31.2. The first-order valence-electron chi connectivity index (χ1n) is 20.0. The van der Waals surface area contributed by atoms with Crippen molar-refractivity contribution in [1.82, 2.24) is 29.7 Å². The average molecular weight is 894 g/mol. The van der Waals surface area contributed by atoms with Gasteiger partial charge in [0.25, 0.3) is 5.91 Å². The molecule has 0 bridgehead atoms. The third-order valence-corrected chi connectivity index (χ3v) is 12.5. The molecule has 3 atom stereocenters. The van der Waals surface area contributed by atoms with Crippen LogP contribution >= 0.6 is 15.3 Å². The predicted octanol–water partition coefficient (Wildman–Crippen LogP) is 6.79. The molecule has 5 rings (SSSR count). The molecule has 0 radical (unpaired) electrons. The molecule has 1 amide bonds. The second-order valence-corrected chi connectivity index (χ2v) is 18.5. The molecule has 0 aliphatic carbocycles. The van der Waals surface area contributed by atoms with Gasteiger partial charge >= 0.3 is 26.9 Å². The third-order valence-electron chi connectivity index (χ3n) is 9.39. The lowest BCUT2D eigenvalue weighted by molar-refractivity contribution is -0.149. The van der Waals surface area contributed by atoms with Gasteiger partial charge in [-0.2, -0.15) is 10.2 Å². The van der Waals surface area contributed by atoms with Crippen LogP contribution in [0.15, 0.2) is 71.7 Å². The van der Waals surface area contributed by atoms with Crippen LogP contribution in [0.5, 0.6) is 11.5 Å². The van der Waals surface area contributed by atoms with E-state index in [2.05, 4.69) is 31.4 Å². The quantitative estimate of drug-likeness (QED) is 0.0182. The molecule has 3 unspecified atom stereocenters. The number of fused-ring (bicyclic) bond motifs is 1. The van der Waals surface area contributed by atoms with Gasteiger partial charge < -0.3 is 39.0 Å². The standard InChI is InChI=1S/C42H53N7O11P2/c1-8-61(55,57-23-21-50)47-32-14-12-30(13-15-32)40(52)43-19-10-9-11-22-58-62(56,46-29(6)41(53)59-28(4)5)60-38-26-37(51)34(27(2)3)25-35(38)39-44-45-42(54)49(39)33-16-17-36-31(24-33)18-20-48(36)7/h1,12-18,20,24-29,50-51H,9-11,19,21-23H2,2-7H3,(H,43,52)(H,45,54)(H,46,56)(H,47,55). The summed E-state index contributed by atoms with van der Waals surface area (Å²) in [6.45, 7) is 8.20. The van der Waals surface area contributed by atoms with Gasteiger partial charge in [0, 0.05) is 53.7 Å². The van der Waals surface area contributed by atoms with Gasteiger partial charge in [0.2, 0.25) is 0 Å². The van der Waals surface area contributed by atoms with Crippen LogP contribution in [0.1, 0.15) is 75.7 Å². The highest BCUT2D eigenvalue weighted by molar-refractivity contribution is 7.65. The Labute approximate surface area is 359 Å². The highest BCUT2D eigenvalue weighted by Crippen LogP contribution is 2.50. The molecule has 5 aromatic rings. The van der Waals surface area contributed by atoms with Crippen molar-refractivity contribution >= 4 is 43.7 Å². The lowest BCUT2D eigenvalue weighted by Gasteiger charge is -2.25. The number of aliphatic hydroxyl groups excluding tert-OH is 1. The number of carbonyl (C=O) groups is 2. The number of carbonyl (C=O) groups excluding carboxylic acids is 2. The summed E-state index contributed by atoms with van der Waals surface area (Å²) in [7, 11) is -6.21. The van der Waals surface area contributed by atoms with Gasteiger partial charge in [-0.05, 0) is 106 Å². The minimum absolute atomic E-state index is 0.0994. The molecule has 2 heterocycles. The zero-order valence-corrected chi connectivity index (χ0v) is 37.2. The van der Waals surface area contributed by atoms with Crippen LogP contribution in [0.25, 0.3) is 28.0 Å². The maximum atomic E-state index is 14.7. The van der Waals surface area contributed by atoms with E-state index in [4.69, 9.17) is 29.8 Å². The van der Waals surface area contributed by atoms with Gasteiger partial charge in [0.05, 0.1) is 37.2 Å². The van der Waals surface area contributed by atoms with Crippen LogP contribution in [0.3, 0.4) is 0 Å². The maximum Gasteiger partial charge on any atom is 0.459 e. The van der Waals surface area contributed by atoms with Crippen molar-refractivity contribution in [3.63, 3.8) is 0 Å². The number of anilines is 1. The van der Waals surface area contributed by atoms with Crippen molar-refractivity contribution in [3.8, 4) is 40.7 Å². The van der Waals surface area contributed by atoms with Gasteiger partial charge in [-0.15, -0.1) is 6.42 Å². The summed E-state index contributed by atoms with van der Waals surface area (Å²) < 4.78 is 53.0. The number of nitrogens with one attached hydrogen (secondary N) is 4. The summed E-state index contributed by atoms with van der Waals surface area (Å²) in [5, 5.41) is 35.9. The Balaban J connectivity index is 1.30. The summed E-state index contributed by atoms with van der Waals surface area (Å²) in [4.78, 5) is 39.0. The number of hydrogen-bond acceptors (Lipinski definition) is 12. The van der Waals surface area contributed by atoms with Gasteiger partial charge in [-0.25, -0.2) is 19.0 Å². The Morgan fingerprint density at radius 1 is 0.968 bits per heavy atom. The van der Waals surface area contributed by atoms with Crippen LogP contribution in [0.4, 0.5) is 5.69 Å². The molecule has 0 saturated carbocycles. The molecule has 2 aromatic heterocycles.